The molecule has 156 valence electrons. The lowest BCUT2D eigenvalue weighted by Crippen LogP contribution is -2.38. The van der Waals surface area contributed by atoms with E-state index in [1.54, 1.807) is 0 Å². The molecule has 29 heavy (non-hydrogen) atoms. The lowest BCUT2D eigenvalue weighted by atomic mass is 10.1. The van der Waals surface area contributed by atoms with Crippen molar-refractivity contribution < 1.29 is 17.6 Å². The van der Waals surface area contributed by atoms with Gasteiger partial charge in [-0.1, -0.05) is 24.3 Å². The van der Waals surface area contributed by atoms with Crippen molar-refractivity contribution in [2.24, 2.45) is 0 Å². The fraction of sp³-hybridized carbons (Fsp3) is 0.381. The van der Waals surface area contributed by atoms with Crippen LogP contribution in [-0.4, -0.2) is 50.2 Å². The van der Waals surface area contributed by atoms with Gasteiger partial charge in [0.05, 0.1) is 11.4 Å². The summed E-state index contributed by atoms with van der Waals surface area (Å²) in [5, 5.41) is 2.74. The Morgan fingerprint density at radius 3 is 2.24 bits per heavy atom. The fourth-order valence-electron chi connectivity index (χ4n) is 3.29. The van der Waals surface area contributed by atoms with Crippen LogP contribution in [0.5, 0.6) is 0 Å². The van der Waals surface area contributed by atoms with E-state index in [9.17, 15) is 17.6 Å². The van der Waals surface area contributed by atoms with Crippen LogP contribution in [-0.2, 0) is 27.9 Å². The maximum Gasteiger partial charge on any atom is 0.243 e. The molecule has 3 rings (SSSR count). The molecule has 0 radical (unpaired) electrons. The van der Waals surface area contributed by atoms with Gasteiger partial charge < -0.3 is 5.32 Å². The number of nitrogens with one attached hydrogen (secondary N) is 1. The van der Waals surface area contributed by atoms with Gasteiger partial charge in [0.15, 0.2) is 0 Å². The number of sulfonamides is 1. The Morgan fingerprint density at radius 2 is 1.62 bits per heavy atom. The van der Waals surface area contributed by atoms with Gasteiger partial charge in [-0.15, -0.1) is 0 Å². The van der Waals surface area contributed by atoms with E-state index in [2.05, 4.69) is 22.3 Å². The number of rotatable bonds is 8. The summed E-state index contributed by atoms with van der Waals surface area (Å²) < 4.78 is 38.9. The molecule has 1 heterocycles. The Morgan fingerprint density at radius 1 is 1.03 bits per heavy atom. The largest absolute Gasteiger partial charge is 0.351 e. The zero-order valence-electron chi connectivity index (χ0n) is 16.5. The van der Waals surface area contributed by atoms with Crippen molar-refractivity contribution in [2.45, 2.75) is 30.8 Å². The van der Waals surface area contributed by atoms with Crippen molar-refractivity contribution in [3.8, 4) is 0 Å². The maximum absolute atomic E-state index is 13.0. The van der Waals surface area contributed by atoms with Crippen molar-refractivity contribution in [1.29, 1.82) is 0 Å². The number of benzene rings is 2. The number of hydrogen-bond donors (Lipinski definition) is 1. The fourth-order valence-corrected chi connectivity index (χ4v) is 4.42. The maximum atomic E-state index is 13.0. The third-order valence-electron chi connectivity index (χ3n) is 5.01. The molecule has 0 unspecified atom stereocenters. The molecule has 0 bridgehead atoms. The van der Waals surface area contributed by atoms with Crippen molar-refractivity contribution >= 4 is 15.9 Å². The molecular weight excluding hydrogens is 393 g/mol. The number of likely N-dealkylation sites (tertiary alicyclic amines) is 1. The van der Waals surface area contributed by atoms with E-state index >= 15 is 0 Å². The molecular formula is C21H26FN3O3S. The van der Waals surface area contributed by atoms with E-state index in [1.165, 1.54) is 37.6 Å². The molecule has 2 aromatic carbocycles. The van der Waals surface area contributed by atoms with E-state index in [0.29, 0.717) is 6.54 Å². The SMILES string of the molecule is CN(CC(=O)NCc1ccc(CN2CCCC2)cc1)S(=O)(=O)c1ccc(F)cc1. The van der Waals surface area contributed by atoms with E-state index in [0.717, 1.165) is 41.6 Å². The zero-order valence-corrected chi connectivity index (χ0v) is 17.3. The van der Waals surface area contributed by atoms with Crippen LogP contribution in [0, 0.1) is 5.82 Å². The number of likely N-dealkylation sites (N-methyl/N-ethyl adjacent to an activating group) is 1. The predicted octanol–water partition coefficient (Wildman–Crippen LogP) is 2.36. The monoisotopic (exact) mass is 419 g/mol. The second-order valence-electron chi connectivity index (χ2n) is 7.29. The number of halogens is 1. The van der Waals surface area contributed by atoms with Gasteiger partial charge in [0, 0.05) is 20.1 Å². The van der Waals surface area contributed by atoms with Crippen molar-refractivity contribution in [1.82, 2.24) is 14.5 Å². The summed E-state index contributed by atoms with van der Waals surface area (Å²) in [5.41, 5.74) is 2.19. The van der Waals surface area contributed by atoms with Crippen LogP contribution in [0.15, 0.2) is 53.4 Å². The van der Waals surface area contributed by atoms with E-state index in [4.69, 9.17) is 0 Å². The lowest BCUT2D eigenvalue weighted by Gasteiger charge is -2.17. The summed E-state index contributed by atoms with van der Waals surface area (Å²) >= 11 is 0. The first kappa shape index (κ1) is 21.4. The summed E-state index contributed by atoms with van der Waals surface area (Å²) in [6.07, 6.45) is 2.52. The third kappa shape index (κ3) is 5.85. The molecule has 1 amide bonds. The first-order chi connectivity index (χ1) is 13.8. The average molecular weight is 420 g/mol. The summed E-state index contributed by atoms with van der Waals surface area (Å²) in [4.78, 5) is 14.5. The number of amides is 1. The van der Waals surface area contributed by atoms with Crippen LogP contribution in [0.4, 0.5) is 4.39 Å². The summed E-state index contributed by atoms with van der Waals surface area (Å²) in [6, 6.07) is 12.6. The van der Waals surface area contributed by atoms with Gasteiger partial charge in [-0.25, -0.2) is 12.8 Å². The van der Waals surface area contributed by atoms with E-state index in [-0.39, 0.29) is 11.4 Å². The van der Waals surface area contributed by atoms with Crippen LogP contribution in [0.25, 0.3) is 0 Å². The minimum atomic E-state index is -3.85. The predicted molar refractivity (Wildman–Crippen MR) is 109 cm³/mol. The van der Waals surface area contributed by atoms with Gasteiger partial charge in [0.1, 0.15) is 5.82 Å². The average Bonchev–Trinajstić information content (AvgIpc) is 3.21. The summed E-state index contributed by atoms with van der Waals surface area (Å²) in [7, 11) is -2.52. The lowest BCUT2D eigenvalue weighted by molar-refractivity contribution is -0.121. The van der Waals surface area contributed by atoms with Gasteiger partial charge in [-0.05, 0) is 61.3 Å². The third-order valence-corrected chi connectivity index (χ3v) is 6.82. The molecule has 1 aliphatic heterocycles. The quantitative estimate of drug-likeness (QED) is 0.713. The highest BCUT2D eigenvalue weighted by Gasteiger charge is 2.22. The van der Waals surface area contributed by atoms with Gasteiger partial charge in [-0.3, -0.25) is 9.69 Å². The second kappa shape index (κ2) is 9.47. The number of carbonyl (C=O) groups excluding carboxylic acids is 1. The van der Waals surface area contributed by atoms with E-state index < -0.39 is 21.7 Å². The highest BCUT2D eigenvalue weighted by atomic mass is 32.2. The second-order valence-corrected chi connectivity index (χ2v) is 9.34. The summed E-state index contributed by atoms with van der Waals surface area (Å²) in [6.45, 7) is 3.25. The van der Waals surface area contributed by atoms with Crippen molar-refractivity contribution in [3.63, 3.8) is 0 Å². The minimum absolute atomic E-state index is 0.0530. The van der Waals surface area contributed by atoms with Gasteiger partial charge >= 0.3 is 0 Å². The topological polar surface area (TPSA) is 69.7 Å². The zero-order chi connectivity index (χ0) is 20.9. The van der Waals surface area contributed by atoms with Crippen LogP contribution in [0.1, 0.15) is 24.0 Å². The molecule has 2 aromatic rings. The molecule has 0 spiro atoms. The molecule has 0 aromatic heterocycles. The van der Waals surface area contributed by atoms with Crippen LogP contribution >= 0.6 is 0 Å². The van der Waals surface area contributed by atoms with Gasteiger partial charge in [-0.2, -0.15) is 4.31 Å². The smallest absolute Gasteiger partial charge is 0.243 e. The standard InChI is InChI=1S/C21H26FN3O3S/c1-24(29(27,28)20-10-8-19(22)9-11-20)16-21(26)23-14-17-4-6-18(7-5-17)15-25-12-2-3-13-25/h4-11H,2-3,12-16H2,1H3,(H,23,26). The molecule has 0 saturated carbocycles. The molecule has 1 aliphatic rings. The minimum Gasteiger partial charge on any atom is -0.351 e. The number of hydrogen-bond acceptors (Lipinski definition) is 4. The Balaban J connectivity index is 1.49. The van der Waals surface area contributed by atoms with E-state index in [1.807, 2.05) is 12.1 Å². The molecule has 0 atom stereocenters. The highest BCUT2D eigenvalue weighted by Crippen LogP contribution is 2.15. The molecule has 8 heteroatoms. The Bertz CT molecular complexity index is 925. The molecule has 6 nitrogen and oxygen atoms in total. The van der Waals surface area contributed by atoms with Crippen molar-refractivity contribution in [2.75, 3.05) is 26.7 Å². The Hall–Kier alpha value is -2.29. The van der Waals surface area contributed by atoms with Crippen LogP contribution in [0.3, 0.4) is 0 Å². The Labute approximate surface area is 171 Å². The van der Waals surface area contributed by atoms with Gasteiger partial charge in [0.25, 0.3) is 0 Å². The molecule has 1 saturated heterocycles. The first-order valence-electron chi connectivity index (χ1n) is 9.63. The Kier molecular flexibility index (Phi) is 7.00. The molecule has 1 fully saturated rings. The van der Waals surface area contributed by atoms with Crippen molar-refractivity contribution in [3.05, 3.63) is 65.5 Å². The first-order valence-corrected chi connectivity index (χ1v) is 11.1. The highest BCUT2D eigenvalue weighted by molar-refractivity contribution is 7.89. The van der Waals surface area contributed by atoms with Crippen LogP contribution < -0.4 is 5.32 Å². The van der Waals surface area contributed by atoms with Gasteiger partial charge in [0.2, 0.25) is 15.9 Å². The molecule has 0 aliphatic carbocycles. The summed E-state index contributed by atoms with van der Waals surface area (Å²) in [5.74, 6) is -0.921. The normalized spacial score (nSPS) is 15.0. The number of nitrogens with zero attached hydrogens (tertiary/aromatic N) is 2. The molecule has 1 N–H and O–H groups in total. The number of carbonyl (C=O) groups is 1. The van der Waals surface area contributed by atoms with Crippen LogP contribution in [0.2, 0.25) is 0 Å².